The fraction of sp³-hybridized carbons (Fsp3) is 0.692. The maximum atomic E-state index is 4.30. The summed E-state index contributed by atoms with van der Waals surface area (Å²) in [4.78, 5) is 8.39. The summed E-state index contributed by atoms with van der Waals surface area (Å²) >= 11 is 0. The molecule has 0 spiro atoms. The number of hydrogen-bond donors (Lipinski definition) is 1. The van der Waals surface area contributed by atoms with Gasteiger partial charge < -0.3 is 5.32 Å². The van der Waals surface area contributed by atoms with E-state index in [1.165, 1.54) is 25.7 Å². The Labute approximate surface area is 98.7 Å². The molecular formula is C13H23N3. The number of unbranched alkanes of at least 4 members (excludes halogenated alkanes) is 2. The minimum absolute atomic E-state index is 0.283. The van der Waals surface area contributed by atoms with E-state index < -0.39 is 0 Å². The molecule has 0 aliphatic carbocycles. The van der Waals surface area contributed by atoms with E-state index in [0.717, 1.165) is 5.69 Å². The van der Waals surface area contributed by atoms with Crippen LogP contribution in [0, 0.1) is 0 Å². The van der Waals surface area contributed by atoms with Crippen molar-refractivity contribution in [2.24, 2.45) is 0 Å². The van der Waals surface area contributed by atoms with Gasteiger partial charge in [0.15, 0.2) is 0 Å². The summed E-state index contributed by atoms with van der Waals surface area (Å²) in [5, 5.41) is 3.55. The third kappa shape index (κ3) is 4.71. The van der Waals surface area contributed by atoms with Gasteiger partial charge in [0.25, 0.3) is 0 Å². The second kappa shape index (κ2) is 7.34. The molecule has 16 heavy (non-hydrogen) atoms. The average Bonchev–Trinajstić information content (AvgIpc) is 2.30. The average molecular weight is 221 g/mol. The molecule has 1 N–H and O–H groups in total. The van der Waals surface area contributed by atoms with Gasteiger partial charge in [-0.15, -0.1) is 0 Å². The van der Waals surface area contributed by atoms with Crippen LogP contribution in [0.5, 0.6) is 0 Å². The molecule has 0 fully saturated rings. The number of nitrogens with zero attached hydrogens (tertiary/aromatic N) is 2. The van der Waals surface area contributed by atoms with Gasteiger partial charge in [-0.25, -0.2) is 0 Å². The van der Waals surface area contributed by atoms with Crippen molar-refractivity contribution in [1.82, 2.24) is 15.3 Å². The molecule has 0 aromatic carbocycles. The third-order valence-corrected chi connectivity index (χ3v) is 2.80. The van der Waals surface area contributed by atoms with Crippen molar-refractivity contribution in [1.29, 1.82) is 0 Å². The molecule has 0 amide bonds. The lowest BCUT2D eigenvalue weighted by atomic mass is 10.1. The first-order valence-corrected chi connectivity index (χ1v) is 6.26. The van der Waals surface area contributed by atoms with Crippen LogP contribution in [-0.2, 0) is 0 Å². The quantitative estimate of drug-likeness (QED) is 0.719. The van der Waals surface area contributed by atoms with Gasteiger partial charge >= 0.3 is 0 Å². The largest absolute Gasteiger partial charge is 0.306 e. The molecule has 0 bridgehead atoms. The fourth-order valence-corrected chi connectivity index (χ4v) is 1.83. The summed E-state index contributed by atoms with van der Waals surface area (Å²) < 4.78 is 0. The van der Waals surface area contributed by atoms with Gasteiger partial charge in [0, 0.05) is 30.7 Å². The van der Waals surface area contributed by atoms with Gasteiger partial charge in [-0.1, -0.05) is 26.2 Å². The van der Waals surface area contributed by atoms with Crippen molar-refractivity contribution >= 4 is 0 Å². The van der Waals surface area contributed by atoms with E-state index in [2.05, 4.69) is 36.1 Å². The van der Waals surface area contributed by atoms with E-state index in [4.69, 9.17) is 0 Å². The van der Waals surface area contributed by atoms with Crippen molar-refractivity contribution < 1.29 is 0 Å². The Morgan fingerprint density at radius 2 is 2.06 bits per heavy atom. The Hall–Kier alpha value is -0.960. The SMILES string of the molecule is CCCCCC(C)NC(C)c1cnccn1. The zero-order chi connectivity index (χ0) is 11.8. The molecule has 0 saturated heterocycles. The van der Waals surface area contributed by atoms with Gasteiger partial charge in [0.1, 0.15) is 0 Å². The topological polar surface area (TPSA) is 37.8 Å². The van der Waals surface area contributed by atoms with E-state index in [9.17, 15) is 0 Å². The third-order valence-electron chi connectivity index (χ3n) is 2.80. The second-order valence-electron chi connectivity index (χ2n) is 4.42. The summed E-state index contributed by atoms with van der Waals surface area (Å²) in [6, 6.07) is 0.828. The number of aromatic nitrogens is 2. The van der Waals surface area contributed by atoms with Crippen LogP contribution in [-0.4, -0.2) is 16.0 Å². The molecule has 1 aromatic heterocycles. The van der Waals surface area contributed by atoms with Crippen LogP contribution in [0.25, 0.3) is 0 Å². The molecule has 2 unspecified atom stereocenters. The Morgan fingerprint density at radius 1 is 1.25 bits per heavy atom. The second-order valence-corrected chi connectivity index (χ2v) is 4.42. The highest BCUT2D eigenvalue weighted by Crippen LogP contribution is 2.10. The highest BCUT2D eigenvalue weighted by molar-refractivity contribution is 5.00. The molecule has 3 heteroatoms. The van der Waals surface area contributed by atoms with Gasteiger partial charge in [-0.3, -0.25) is 9.97 Å². The number of hydrogen-bond acceptors (Lipinski definition) is 3. The van der Waals surface area contributed by atoms with Crippen molar-refractivity contribution in [2.75, 3.05) is 0 Å². The van der Waals surface area contributed by atoms with E-state index in [0.29, 0.717) is 6.04 Å². The zero-order valence-corrected chi connectivity index (χ0v) is 10.6. The Bertz CT molecular complexity index is 274. The molecule has 1 heterocycles. The van der Waals surface area contributed by atoms with E-state index in [1.54, 1.807) is 12.4 Å². The van der Waals surface area contributed by atoms with E-state index in [-0.39, 0.29) is 6.04 Å². The van der Waals surface area contributed by atoms with E-state index in [1.807, 2.05) is 6.20 Å². The van der Waals surface area contributed by atoms with Gasteiger partial charge in [0.2, 0.25) is 0 Å². The molecule has 1 aromatic rings. The lowest BCUT2D eigenvalue weighted by molar-refractivity contribution is 0.434. The van der Waals surface area contributed by atoms with Gasteiger partial charge in [-0.05, 0) is 20.3 Å². The van der Waals surface area contributed by atoms with Gasteiger partial charge in [-0.2, -0.15) is 0 Å². The van der Waals surface area contributed by atoms with Crippen LogP contribution in [0.1, 0.15) is 58.2 Å². The number of nitrogens with one attached hydrogen (secondary N) is 1. The summed E-state index contributed by atoms with van der Waals surface area (Å²) in [6.07, 6.45) is 10.4. The van der Waals surface area contributed by atoms with Crippen molar-refractivity contribution in [3.05, 3.63) is 24.3 Å². The summed E-state index contributed by atoms with van der Waals surface area (Å²) in [5.74, 6) is 0. The molecule has 3 nitrogen and oxygen atoms in total. The lowest BCUT2D eigenvalue weighted by Gasteiger charge is -2.19. The minimum atomic E-state index is 0.283. The number of rotatable bonds is 7. The highest BCUT2D eigenvalue weighted by Gasteiger charge is 2.09. The van der Waals surface area contributed by atoms with Crippen molar-refractivity contribution in [3.8, 4) is 0 Å². The Kier molecular flexibility index (Phi) is 6.01. The molecule has 0 saturated carbocycles. The van der Waals surface area contributed by atoms with Crippen LogP contribution in [0.4, 0.5) is 0 Å². The van der Waals surface area contributed by atoms with Crippen molar-refractivity contribution in [2.45, 2.75) is 58.5 Å². The molecule has 90 valence electrons. The van der Waals surface area contributed by atoms with Crippen LogP contribution in [0.2, 0.25) is 0 Å². The molecular weight excluding hydrogens is 198 g/mol. The molecule has 0 radical (unpaired) electrons. The Morgan fingerprint density at radius 3 is 2.69 bits per heavy atom. The molecule has 2 atom stereocenters. The first kappa shape index (κ1) is 13.1. The monoisotopic (exact) mass is 221 g/mol. The maximum Gasteiger partial charge on any atom is 0.0753 e. The standard InChI is InChI=1S/C13H23N3/c1-4-5-6-7-11(2)16-12(3)13-10-14-8-9-15-13/h8-12,16H,4-7H2,1-3H3. The normalized spacial score (nSPS) is 14.7. The lowest BCUT2D eigenvalue weighted by Crippen LogP contribution is -2.29. The predicted molar refractivity (Wildman–Crippen MR) is 67.2 cm³/mol. The predicted octanol–water partition coefficient (Wildman–Crippen LogP) is 3.10. The summed E-state index contributed by atoms with van der Waals surface area (Å²) in [5.41, 5.74) is 1.02. The fourth-order valence-electron chi connectivity index (χ4n) is 1.83. The van der Waals surface area contributed by atoms with Gasteiger partial charge in [0.05, 0.1) is 5.69 Å². The molecule has 1 rings (SSSR count). The first-order chi connectivity index (χ1) is 7.74. The molecule has 0 aliphatic rings. The van der Waals surface area contributed by atoms with Crippen LogP contribution >= 0.6 is 0 Å². The van der Waals surface area contributed by atoms with Crippen LogP contribution in [0.3, 0.4) is 0 Å². The van der Waals surface area contributed by atoms with E-state index >= 15 is 0 Å². The summed E-state index contributed by atoms with van der Waals surface area (Å²) in [6.45, 7) is 6.61. The maximum absolute atomic E-state index is 4.30. The van der Waals surface area contributed by atoms with Crippen molar-refractivity contribution in [3.63, 3.8) is 0 Å². The zero-order valence-electron chi connectivity index (χ0n) is 10.6. The Balaban J connectivity index is 2.31. The summed E-state index contributed by atoms with van der Waals surface area (Å²) in [7, 11) is 0. The smallest absolute Gasteiger partial charge is 0.0753 e. The highest BCUT2D eigenvalue weighted by atomic mass is 15.0. The first-order valence-electron chi connectivity index (χ1n) is 6.26. The molecule has 0 aliphatic heterocycles. The van der Waals surface area contributed by atoms with Crippen LogP contribution in [0.15, 0.2) is 18.6 Å². The minimum Gasteiger partial charge on any atom is -0.306 e. The van der Waals surface area contributed by atoms with Crippen LogP contribution < -0.4 is 5.32 Å².